The molecular formula is C22H17ClN6O4. The summed E-state index contributed by atoms with van der Waals surface area (Å²) in [5.41, 5.74) is 0.391. The average molecular weight is 465 g/mol. The number of fused-ring (bicyclic) bond motifs is 1. The lowest BCUT2D eigenvalue weighted by atomic mass is 10.1. The summed E-state index contributed by atoms with van der Waals surface area (Å²) in [6.45, 7) is -0.440. The lowest BCUT2D eigenvalue weighted by Gasteiger charge is -2.11. The van der Waals surface area contributed by atoms with Crippen LogP contribution < -0.4 is 20.7 Å². The molecule has 33 heavy (non-hydrogen) atoms. The van der Waals surface area contributed by atoms with Gasteiger partial charge in [0.05, 0.1) is 10.7 Å². The Balaban J connectivity index is 1.57. The summed E-state index contributed by atoms with van der Waals surface area (Å²) in [7, 11) is 0. The molecule has 0 radical (unpaired) electrons. The molecule has 0 aliphatic carbocycles. The topological polar surface area (TPSA) is 138 Å². The molecule has 10 nitrogen and oxygen atoms in total. The number of aliphatic carboxylic acids is 1. The molecule has 1 heterocycles. The van der Waals surface area contributed by atoms with E-state index in [4.69, 9.17) is 21.4 Å². The second-order valence-corrected chi connectivity index (χ2v) is 7.09. The van der Waals surface area contributed by atoms with Crippen molar-refractivity contribution in [3.8, 4) is 11.8 Å². The minimum Gasteiger partial charge on any atom is -0.480 e. The Kier molecular flexibility index (Phi) is 6.46. The van der Waals surface area contributed by atoms with Crippen LogP contribution in [-0.4, -0.2) is 38.6 Å². The lowest BCUT2D eigenvalue weighted by Crippen LogP contribution is -2.22. The molecule has 0 bridgehead atoms. The van der Waals surface area contributed by atoms with E-state index in [1.807, 2.05) is 30.3 Å². The van der Waals surface area contributed by atoms with Crippen molar-refractivity contribution in [3.63, 3.8) is 0 Å². The molecule has 0 saturated carbocycles. The first-order valence-electron chi connectivity index (χ1n) is 9.67. The van der Waals surface area contributed by atoms with Gasteiger partial charge in [0, 0.05) is 0 Å². The van der Waals surface area contributed by atoms with Gasteiger partial charge in [0.15, 0.2) is 0 Å². The molecule has 0 fully saturated rings. The Morgan fingerprint density at radius 3 is 2.39 bits per heavy atom. The van der Waals surface area contributed by atoms with Gasteiger partial charge in [-0.2, -0.15) is 15.0 Å². The van der Waals surface area contributed by atoms with E-state index in [2.05, 4.69) is 30.9 Å². The van der Waals surface area contributed by atoms with Gasteiger partial charge in [-0.05, 0) is 35.0 Å². The predicted molar refractivity (Wildman–Crippen MR) is 124 cm³/mol. The molecule has 2 amide bonds. The monoisotopic (exact) mass is 464 g/mol. The number of hydrogen-bond donors (Lipinski definition) is 4. The van der Waals surface area contributed by atoms with Gasteiger partial charge in [-0.3, -0.25) is 10.1 Å². The Bertz CT molecular complexity index is 1330. The number of urea groups is 1. The summed E-state index contributed by atoms with van der Waals surface area (Å²) in [5.74, 6) is -0.900. The number of halogens is 1. The molecule has 0 saturated heterocycles. The third kappa shape index (κ3) is 5.83. The number of para-hydroxylation sites is 1. The largest absolute Gasteiger partial charge is 0.480 e. The van der Waals surface area contributed by atoms with E-state index < -0.39 is 18.5 Å². The van der Waals surface area contributed by atoms with Crippen molar-refractivity contribution in [1.29, 1.82) is 0 Å². The minimum atomic E-state index is -1.11. The summed E-state index contributed by atoms with van der Waals surface area (Å²) in [6, 6.07) is 19.1. The quantitative estimate of drug-likeness (QED) is 0.311. The fourth-order valence-corrected chi connectivity index (χ4v) is 3.03. The number of amides is 2. The van der Waals surface area contributed by atoms with E-state index in [1.165, 1.54) is 0 Å². The zero-order valence-corrected chi connectivity index (χ0v) is 17.7. The van der Waals surface area contributed by atoms with Crippen LogP contribution in [0.3, 0.4) is 0 Å². The van der Waals surface area contributed by atoms with Crippen LogP contribution in [0.1, 0.15) is 0 Å². The fourth-order valence-electron chi connectivity index (χ4n) is 2.85. The van der Waals surface area contributed by atoms with Crippen LogP contribution in [0, 0.1) is 0 Å². The van der Waals surface area contributed by atoms with Crippen LogP contribution in [-0.2, 0) is 4.79 Å². The summed E-state index contributed by atoms with van der Waals surface area (Å²) in [5, 5.41) is 18.8. The maximum atomic E-state index is 12.4. The number of ether oxygens (including phenoxy) is 1. The van der Waals surface area contributed by atoms with Gasteiger partial charge in [0.2, 0.25) is 11.9 Å². The van der Waals surface area contributed by atoms with Crippen molar-refractivity contribution in [1.82, 2.24) is 15.0 Å². The molecule has 4 rings (SSSR count). The maximum absolute atomic E-state index is 12.4. The second kappa shape index (κ2) is 9.79. The molecule has 4 aromatic rings. The van der Waals surface area contributed by atoms with Crippen molar-refractivity contribution >= 4 is 52.0 Å². The Hall–Kier alpha value is -4.44. The van der Waals surface area contributed by atoms with Gasteiger partial charge >= 0.3 is 18.0 Å². The molecule has 0 aliphatic rings. The number of carboxylic acid groups (broad SMARTS) is 1. The van der Waals surface area contributed by atoms with E-state index in [0.29, 0.717) is 16.5 Å². The molecule has 0 aliphatic heterocycles. The molecular weight excluding hydrogens is 448 g/mol. The van der Waals surface area contributed by atoms with Crippen molar-refractivity contribution in [2.24, 2.45) is 0 Å². The molecule has 166 valence electrons. The number of hydrogen-bond acceptors (Lipinski definition) is 7. The number of carbonyl (C=O) groups is 2. The van der Waals surface area contributed by atoms with Crippen LogP contribution >= 0.6 is 11.6 Å². The molecule has 11 heteroatoms. The SMILES string of the molecule is O=C(O)CNc1nc(NC(=O)Nc2ccccc2Cl)nc(Oc2ccc3ccccc3c2)n1. The standard InChI is InChI=1S/C22H17ClN6O4/c23-16-7-3-4-8-17(16)25-21(32)27-20-26-19(24-12-18(30)31)28-22(29-20)33-15-10-9-13-5-1-2-6-14(13)11-15/h1-11H,12H2,(H,30,31)(H3,24,25,26,27,28,29,32). The van der Waals surface area contributed by atoms with Crippen molar-refractivity contribution in [2.45, 2.75) is 0 Å². The molecule has 3 aromatic carbocycles. The number of carbonyl (C=O) groups excluding carboxylic acids is 1. The fraction of sp³-hybridized carbons (Fsp3) is 0.0455. The summed E-state index contributed by atoms with van der Waals surface area (Å²) >= 11 is 6.06. The van der Waals surface area contributed by atoms with Gasteiger partial charge < -0.3 is 20.5 Å². The van der Waals surface area contributed by atoms with E-state index >= 15 is 0 Å². The van der Waals surface area contributed by atoms with Gasteiger partial charge in [0.25, 0.3) is 0 Å². The van der Waals surface area contributed by atoms with Gasteiger partial charge in [-0.15, -0.1) is 0 Å². The number of carboxylic acids is 1. The number of aromatic nitrogens is 3. The molecule has 1 aromatic heterocycles. The number of nitrogens with zero attached hydrogens (tertiary/aromatic N) is 3. The van der Waals surface area contributed by atoms with Crippen LogP contribution in [0.25, 0.3) is 10.8 Å². The zero-order valence-electron chi connectivity index (χ0n) is 16.9. The third-order valence-electron chi connectivity index (χ3n) is 4.29. The van der Waals surface area contributed by atoms with Gasteiger partial charge in [-0.1, -0.05) is 54.1 Å². The maximum Gasteiger partial charge on any atom is 0.328 e. The van der Waals surface area contributed by atoms with Crippen LogP contribution in [0.4, 0.5) is 22.4 Å². The Labute approximate surface area is 192 Å². The van der Waals surface area contributed by atoms with Crippen LogP contribution in [0.2, 0.25) is 5.02 Å². The molecule has 0 spiro atoms. The predicted octanol–water partition coefficient (Wildman–Crippen LogP) is 4.61. The number of benzene rings is 3. The molecule has 4 N–H and O–H groups in total. The Morgan fingerprint density at radius 1 is 0.879 bits per heavy atom. The summed E-state index contributed by atoms with van der Waals surface area (Å²) < 4.78 is 5.75. The van der Waals surface area contributed by atoms with Gasteiger partial charge in [-0.25, -0.2) is 4.79 Å². The lowest BCUT2D eigenvalue weighted by molar-refractivity contribution is -0.134. The highest BCUT2D eigenvalue weighted by Gasteiger charge is 2.13. The average Bonchev–Trinajstić information content (AvgIpc) is 2.79. The second-order valence-electron chi connectivity index (χ2n) is 6.68. The third-order valence-corrected chi connectivity index (χ3v) is 4.62. The molecule has 0 atom stereocenters. The zero-order chi connectivity index (χ0) is 23.2. The highest BCUT2D eigenvalue weighted by molar-refractivity contribution is 6.33. The summed E-state index contributed by atoms with van der Waals surface area (Å²) in [4.78, 5) is 35.5. The van der Waals surface area contributed by atoms with Gasteiger partial charge in [0.1, 0.15) is 12.3 Å². The van der Waals surface area contributed by atoms with E-state index in [0.717, 1.165) is 10.8 Å². The first-order chi connectivity index (χ1) is 16.0. The van der Waals surface area contributed by atoms with Crippen molar-refractivity contribution < 1.29 is 19.4 Å². The summed E-state index contributed by atoms with van der Waals surface area (Å²) in [6.07, 6.45) is 0. The van der Waals surface area contributed by atoms with Crippen LogP contribution in [0.5, 0.6) is 11.8 Å². The smallest absolute Gasteiger partial charge is 0.328 e. The van der Waals surface area contributed by atoms with Crippen molar-refractivity contribution in [3.05, 3.63) is 71.8 Å². The Morgan fingerprint density at radius 2 is 1.61 bits per heavy atom. The number of anilines is 3. The number of nitrogens with one attached hydrogen (secondary N) is 3. The van der Waals surface area contributed by atoms with Crippen molar-refractivity contribution in [2.75, 3.05) is 22.5 Å². The van der Waals surface area contributed by atoms with E-state index in [-0.39, 0.29) is 17.9 Å². The minimum absolute atomic E-state index is 0.0868. The normalized spacial score (nSPS) is 10.5. The molecule has 0 unspecified atom stereocenters. The highest BCUT2D eigenvalue weighted by Crippen LogP contribution is 2.25. The van der Waals surface area contributed by atoms with Crippen LogP contribution in [0.15, 0.2) is 66.7 Å². The highest BCUT2D eigenvalue weighted by atomic mass is 35.5. The van der Waals surface area contributed by atoms with E-state index in [1.54, 1.807) is 36.4 Å². The first kappa shape index (κ1) is 21.8. The number of rotatable bonds is 7. The first-order valence-corrected chi connectivity index (χ1v) is 10.0. The van der Waals surface area contributed by atoms with E-state index in [9.17, 15) is 9.59 Å².